The van der Waals surface area contributed by atoms with Gasteiger partial charge < -0.3 is 5.32 Å². The lowest BCUT2D eigenvalue weighted by Crippen LogP contribution is -2.15. The van der Waals surface area contributed by atoms with Crippen molar-refractivity contribution in [3.8, 4) is 0 Å². The molecule has 0 spiro atoms. The van der Waals surface area contributed by atoms with Gasteiger partial charge in [0.05, 0.1) is 28.2 Å². The fourth-order valence-electron chi connectivity index (χ4n) is 2.93. The maximum atomic E-state index is 13.8. The van der Waals surface area contributed by atoms with E-state index in [2.05, 4.69) is 5.32 Å². The van der Waals surface area contributed by atoms with Crippen LogP contribution in [-0.4, -0.2) is 21.6 Å². The SMILES string of the molecule is O=C(CSc1nc2ccccc2nc1Cc1ccc(Cl)cc1)Nc1ccccc1F. The Morgan fingerprint density at radius 2 is 1.60 bits per heavy atom. The number of carbonyl (C=O) groups is 1. The van der Waals surface area contributed by atoms with Gasteiger partial charge in [-0.3, -0.25) is 4.79 Å². The monoisotopic (exact) mass is 437 g/mol. The molecule has 3 aromatic carbocycles. The van der Waals surface area contributed by atoms with E-state index in [9.17, 15) is 9.18 Å². The van der Waals surface area contributed by atoms with E-state index in [0.29, 0.717) is 16.5 Å². The number of benzene rings is 3. The summed E-state index contributed by atoms with van der Waals surface area (Å²) in [6, 6.07) is 21.2. The Balaban J connectivity index is 1.56. The average Bonchev–Trinajstić information content (AvgIpc) is 2.75. The first-order chi connectivity index (χ1) is 14.6. The van der Waals surface area contributed by atoms with Gasteiger partial charge in [0.15, 0.2) is 0 Å². The Bertz CT molecular complexity index is 1200. The number of nitrogens with zero attached hydrogens (tertiary/aromatic N) is 2. The second-order valence-electron chi connectivity index (χ2n) is 6.58. The number of carbonyl (C=O) groups excluding carboxylic acids is 1. The van der Waals surface area contributed by atoms with Gasteiger partial charge in [-0.2, -0.15) is 0 Å². The highest BCUT2D eigenvalue weighted by molar-refractivity contribution is 8.00. The zero-order chi connectivity index (χ0) is 20.9. The van der Waals surface area contributed by atoms with Crippen molar-refractivity contribution >= 4 is 46.0 Å². The van der Waals surface area contributed by atoms with Crippen LogP contribution in [0.5, 0.6) is 0 Å². The van der Waals surface area contributed by atoms with Crippen LogP contribution in [0.4, 0.5) is 10.1 Å². The molecule has 0 fully saturated rings. The molecule has 1 aromatic heterocycles. The summed E-state index contributed by atoms with van der Waals surface area (Å²) in [6.45, 7) is 0. The van der Waals surface area contributed by atoms with Crippen LogP contribution < -0.4 is 5.32 Å². The number of halogens is 2. The van der Waals surface area contributed by atoms with Crippen LogP contribution in [0.2, 0.25) is 5.02 Å². The second-order valence-corrected chi connectivity index (χ2v) is 7.98. The van der Waals surface area contributed by atoms with E-state index in [4.69, 9.17) is 21.6 Å². The number of hydrogen-bond donors (Lipinski definition) is 1. The highest BCUT2D eigenvalue weighted by Gasteiger charge is 2.13. The summed E-state index contributed by atoms with van der Waals surface area (Å²) in [4.78, 5) is 21.8. The van der Waals surface area contributed by atoms with Gasteiger partial charge in [-0.05, 0) is 42.0 Å². The molecule has 30 heavy (non-hydrogen) atoms. The van der Waals surface area contributed by atoms with Crippen molar-refractivity contribution in [2.24, 2.45) is 0 Å². The minimum atomic E-state index is -0.468. The standard InChI is InChI=1S/C23H17ClFN3OS/c24-16-11-9-15(10-12-16)13-21-23(28-20-8-4-3-7-19(20)26-21)30-14-22(29)27-18-6-2-1-5-17(18)25/h1-12H,13-14H2,(H,27,29). The summed E-state index contributed by atoms with van der Waals surface area (Å²) in [5.74, 6) is -0.683. The van der Waals surface area contributed by atoms with Crippen LogP contribution in [0, 0.1) is 5.82 Å². The molecule has 150 valence electrons. The molecular formula is C23H17ClFN3OS. The van der Waals surface area contributed by atoms with Gasteiger partial charge in [0.2, 0.25) is 5.91 Å². The van der Waals surface area contributed by atoms with E-state index >= 15 is 0 Å². The van der Waals surface area contributed by atoms with Crippen LogP contribution in [0.15, 0.2) is 77.8 Å². The third-order valence-corrected chi connectivity index (χ3v) is 5.64. The van der Waals surface area contributed by atoms with Crippen LogP contribution in [-0.2, 0) is 11.2 Å². The first-order valence-corrected chi connectivity index (χ1v) is 10.6. The van der Waals surface area contributed by atoms with Crippen LogP contribution in [0.3, 0.4) is 0 Å². The van der Waals surface area contributed by atoms with Crippen LogP contribution in [0.25, 0.3) is 11.0 Å². The molecule has 0 radical (unpaired) electrons. The predicted octanol–water partition coefficient (Wildman–Crippen LogP) is 5.74. The smallest absolute Gasteiger partial charge is 0.234 e. The fraction of sp³-hybridized carbons (Fsp3) is 0.0870. The Hall–Kier alpha value is -2.96. The zero-order valence-corrected chi connectivity index (χ0v) is 17.4. The van der Waals surface area contributed by atoms with Gasteiger partial charge in [-0.15, -0.1) is 0 Å². The highest BCUT2D eigenvalue weighted by Crippen LogP contribution is 2.25. The zero-order valence-electron chi connectivity index (χ0n) is 15.8. The van der Waals surface area contributed by atoms with Crippen LogP contribution in [0.1, 0.15) is 11.3 Å². The molecule has 0 saturated carbocycles. The summed E-state index contributed by atoms with van der Waals surface area (Å²) in [7, 11) is 0. The number of thioether (sulfide) groups is 1. The molecule has 0 aliphatic rings. The number of amides is 1. The topological polar surface area (TPSA) is 54.9 Å². The molecule has 4 rings (SSSR count). The molecule has 1 amide bonds. The largest absolute Gasteiger partial charge is 0.323 e. The van der Waals surface area contributed by atoms with Gasteiger partial charge >= 0.3 is 0 Å². The third kappa shape index (κ3) is 4.96. The van der Waals surface area contributed by atoms with Gasteiger partial charge in [0.25, 0.3) is 0 Å². The highest BCUT2D eigenvalue weighted by atomic mass is 35.5. The average molecular weight is 438 g/mol. The van der Waals surface area contributed by atoms with E-state index in [-0.39, 0.29) is 17.3 Å². The summed E-state index contributed by atoms with van der Waals surface area (Å²) in [6.07, 6.45) is 0.562. The van der Waals surface area contributed by atoms with Crippen molar-refractivity contribution in [2.45, 2.75) is 11.4 Å². The lowest BCUT2D eigenvalue weighted by atomic mass is 10.1. The number of para-hydroxylation sites is 3. The predicted molar refractivity (Wildman–Crippen MR) is 120 cm³/mol. The minimum Gasteiger partial charge on any atom is -0.323 e. The Labute approximate surface area is 182 Å². The quantitative estimate of drug-likeness (QED) is 0.390. The lowest BCUT2D eigenvalue weighted by Gasteiger charge is -2.10. The van der Waals surface area contributed by atoms with Crippen molar-refractivity contribution in [1.82, 2.24) is 9.97 Å². The summed E-state index contributed by atoms with van der Waals surface area (Å²) in [5, 5.41) is 3.94. The van der Waals surface area contributed by atoms with Crippen molar-refractivity contribution in [2.75, 3.05) is 11.1 Å². The molecular weight excluding hydrogens is 421 g/mol. The van der Waals surface area contributed by atoms with E-state index in [1.165, 1.54) is 23.9 Å². The van der Waals surface area contributed by atoms with E-state index in [1.807, 2.05) is 48.5 Å². The van der Waals surface area contributed by atoms with Crippen LogP contribution >= 0.6 is 23.4 Å². The molecule has 0 saturated heterocycles. The summed E-state index contributed by atoms with van der Waals surface area (Å²) < 4.78 is 13.8. The number of rotatable bonds is 6. The van der Waals surface area contributed by atoms with E-state index < -0.39 is 5.82 Å². The molecule has 4 aromatic rings. The van der Waals surface area contributed by atoms with Gasteiger partial charge in [0, 0.05) is 11.4 Å². The van der Waals surface area contributed by atoms with Gasteiger partial charge in [-0.1, -0.05) is 59.8 Å². The molecule has 0 aliphatic heterocycles. The molecule has 4 nitrogen and oxygen atoms in total. The van der Waals surface area contributed by atoms with Crippen molar-refractivity contribution in [1.29, 1.82) is 0 Å². The molecule has 1 N–H and O–H groups in total. The van der Waals surface area contributed by atoms with Crippen molar-refractivity contribution in [3.05, 3.63) is 94.9 Å². The minimum absolute atomic E-state index is 0.0922. The fourth-order valence-corrected chi connectivity index (χ4v) is 3.84. The first kappa shape index (κ1) is 20.3. The number of hydrogen-bond acceptors (Lipinski definition) is 4. The maximum Gasteiger partial charge on any atom is 0.234 e. The summed E-state index contributed by atoms with van der Waals surface area (Å²) in [5.41, 5.74) is 3.53. The molecule has 0 aliphatic carbocycles. The molecule has 0 bridgehead atoms. The van der Waals surface area contributed by atoms with E-state index in [1.54, 1.807) is 12.1 Å². The Morgan fingerprint density at radius 1 is 0.933 bits per heavy atom. The Morgan fingerprint density at radius 3 is 2.33 bits per heavy atom. The molecule has 1 heterocycles. The number of fused-ring (bicyclic) bond motifs is 1. The molecule has 7 heteroatoms. The van der Waals surface area contributed by atoms with E-state index in [0.717, 1.165) is 22.3 Å². The summed E-state index contributed by atoms with van der Waals surface area (Å²) >= 11 is 7.27. The Kier molecular flexibility index (Phi) is 6.26. The van der Waals surface area contributed by atoms with Gasteiger partial charge in [0.1, 0.15) is 10.8 Å². The second kappa shape index (κ2) is 9.24. The number of nitrogens with one attached hydrogen (secondary N) is 1. The van der Waals surface area contributed by atoms with Crippen molar-refractivity contribution < 1.29 is 9.18 Å². The maximum absolute atomic E-state index is 13.8. The molecule has 0 atom stereocenters. The third-order valence-electron chi connectivity index (χ3n) is 4.38. The molecule has 0 unspecified atom stereocenters. The normalized spacial score (nSPS) is 10.9. The number of anilines is 1. The lowest BCUT2D eigenvalue weighted by molar-refractivity contribution is -0.113. The van der Waals surface area contributed by atoms with Gasteiger partial charge in [-0.25, -0.2) is 14.4 Å². The number of aromatic nitrogens is 2. The first-order valence-electron chi connectivity index (χ1n) is 9.26. The van der Waals surface area contributed by atoms with Crippen molar-refractivity contribution in [3.63, 3.8) is 0 Å².